The molecule has 16 heavy (non-hydrogen) atoms. The van der Waals surface area contributed by atoms with Gasteiger partial charge in [0.2, 0.25) is 0 Å². The smallest absolute Gasteiger partial charge is 0.158 e. The van der Waals surface area contributed by atoms with Gasteiger partial charge in [0.05, 0.1) is 24.7 Å². The van der Waals surface area contributed by atoms with Gasteiger partial charge in [0.25, 0.3) is 0 Å². The maximum absolute atomic E-state index is 9.19. The summed E-state index contributed by atoms with van der Waals surface area (Å²) in [5.41, 5.74) is 3.34. The monoisotopic (exact) mass is 223 g/mol. The van der Waals surface area contributed by atoms with Gasteiger partial charge in [0, 0.05) is 12.6 Å². The second kappa shape index (κ2) is 5.20. The number of aromatic nitrogens is 2. The van der Waals surface area contributed by atoms with Crippen LogP contribution in [0.3, 0.4) is 0 Å². The van der Waals surface area contributed by atoms with Crippen molar-refractivity contribution in [3.05, 3.63) is 18.1 Å². The number of rotatable bonds is 4. The second-order valence-corrected chi connectivity index (χ2v) is 3.99. The lowest BCUT2D eigenvalue weighted by Crippen LogP contribution is -2.31. The highest BCUT2D eigenvalue weighted by molar-refractivity contribution is 5.28. The van der Waals surface area contributed by atoms with Gasteiger partial charge in [-0.05, 0) is 19.4 Å². The molecule has 1 atom stereocenters. The molecule has 1 aromatic heterocycles. The molecular weight excluding hydrogens is 206 g/mol. The predicted octanol–water partition coefficient (Wildman–Crippen LogP) is -0.281. The van der Waals surface area contributed by atoms with Gasteiger partial charge in [0.1, 0.15) is 0 Å². The first-order chi connectivity index (χ1) is 7.83. The summed E-state index contributed by atoms with van der Waals surface area (Å²) in [6, 6.07) is 0.272. The number of nitrogen functional groups attached to an aromatic ring is 1. The zero-order valence-electron chi connectivity index (χ0n) is 9.13. The summed E-state index contributed by atoms with van der Waals surface area (Å²) in [5, 5.41) is 9.19. The predicted molar refractivity (Wildman–Crippen MR) is 60.4 cm³/mol. The first-order valence-corrected chi connectivity index (χ1v) is 5.46. The Balaban J connectivity index is 1.97. The number of hydrazine groups is 1. The summed E-state index contributed by atoms with van der Waals surface area (Å²) in [5.74, 6) is 5.77. The van der Waals surface area contributed by atoms with E-state index in [-0.39, 0.29) is 12.6 Å². The molecule has 2 rings (SSSR count). The summed E-state index contributed by atoms with van der Waals surface area (Å²) in [4.78, 5) is 10.6. The van der Waals surface area contributed by atoms with E-state index in [9.17, 15) is 5.11 Å². The molecule has 0 aromatic carbocycles. The molecule has 2 heterocycles. The molecule has 1 saturated heterocycles. The van der Waals surface area contributed by atoms with E-state index in [1.807, 2.05) is 0 Å². The third kappa shape index (κ3) is 2.46. The average Bonchev–Trinajstić information content (AvgIpc) is 2.77. The van der Waals surface area contributed by atoms with E-state index in [0.717, 1.165) is 31.6 Å². The third-order valence-electron chi connectivity index (χ3n) is 2.93. The Morgan fingerprint density at radius 1 is 1.50 bits per heavy atom. The van der Waals surface area contributed by atoms with Crippen molar-refractivity contribution in [1.29, 1.82) is 0 Å². The van der Waals surface area contributed by atoms with Crippen molar-refractivity contribution in [2.24, 2.45) is 5.84 Å². The van der Waals surface area contributed by atoms with E-state index in [4.69, 9.17) is 5.84 Å². The first kappa shape index (κ1) is 11.3. The van der Waals surface area contributed by atoms with Crippen molar-refractivity contribution in [1.82, 2.24) is 14.9 Å². The summed E-state index contributed by atoms with van der Waals surface area (Å²) >= 11 is 0. The third-order valence-corrected chi connectivity index (χ3v) is 2.93. The van der Waals surface area contributed by atoms with Gasteiger partial charge in [0.15, 0.2) is 5.82 Å². The van der Waals surface area contributed by atoms with Crippen LogP contribution in [0.4, 0.5) is 5.82 Å². The molecule has 1 aromatic rings. The molecule has 6 heteroatoms. The van der Waals surface area contributed by atoms with Crippen LogP contribution in [0.5, 0.6) is 0 Å². The number of likely N-dealkylation sites (tertiary alicyclic amines) is 1. The molecule has 0 radical (unpaired) electrons. The van der Waals surface area contributed by atoms with Crippen molar-refractivity contribution in [2.45, 2.75) is 25.4 Å². The molecule has 1 aliphatic rings. The molecule has 0 aliphatic carbocycles. The van der Waals surface area contributed by atoms with Crippen molar-refractivity contribution < 1.29 is 5.11 Å². The van der Waals surface area contributed by atoms with Crippen LogP contribution in [0.15, 0.2) is 12.4 Å². The van der Waals surface area contributed by atoms with Gasteiger partial charge in [-0.25, -0.2) is 10.8 Å². The maximum Gasteiger partial charge on any atom is 0.158 e. The lowest BCUT2D eigenvalue weighted by atomic mass is 10.2. The van der Waals surface area contributed by atoms with Gasteiger partial charge in [-0.3, -0.25) is 9.88 Å². The highest BCUT2D eigenvalue weighted by Gasteiger charge is 2.23. The van der Waals surface area contributed by atoms with E-state index in [1.54, 1.807) is 12.4 Å². The summed E-state index contributed by atoms with van der Waals surface area (Å²) < 4.78 is 0. The minimum Gasteiger partial charge on any atom is -0.395 e. The van der Waals surface area contributed by atoms with Crippen LogP contribution < -0.4 is 11.3 Å². The zero-order chi connectivity index (χ0) is 11.4. The van der Waals surface area contributed by atoms with Crippen LogP contribution in [0.25, 0.3) is 0 Å². The van der Waals surface area contributed by atoms with Crippen molar-refractivity contribution in [3.63, 3.8) is 0 Å². The number of hydrogen-bond donors (Lipinski definition) is 3. The van der Waals surface area contributed by atoms with Crippen molar-refractivity contribution in [2.75, 3.05) is 18.6 Å². The quantitative estimate of drug-likeness (QED) is 0.480. The van der Waals surface area contributed by atoms with Gasteiger partial charge < -0.3 is 10.5 Å². The van der Waals surface area contributed by atoms with Gasteiger partial charge in [-0.1, -0.05) is 0 Å². The van der Waals surface area contributed by atoms with E-state index in [0.29, 0.717) is 5.82 Å². The number of aliphatic hydroxyl groups is 1. The average molecular weight is 223 g/mol. The SMILES string of the molecule is NNc1cnc(CN2CCCC2CO)cn1. The normalized spacial score (nSPS) is 21.2. The molecule has 88 valence electrons. The Labute approximate surface area is 94.5 Å². The number of nitrogens with two attached hydrogens (primary N) is 1. The van der Waals surface area contributed by atoms with Crippen molar-refractivity contribution in [3.8, 4) is 0 Å². The first-order valence-electron chi connectivity index (χ1n) is 5.46. The maximum atomic E-state index is 9.19. The number of anilines is 1. The van der Waals surface area contributed by atoms with Crippen LogP contribution in [0.2, 0.25) is 0 Å². The molecule has 4 N–H and O–H groups in total. The summed E-state index contributed by atoms with van der Waals surface area (Å²) in [6.45, 7) is 1.97. The van der Waals surface area contributed by atoms with E-state index < -0.39 is 0 Å². The van der Waals surface area contributed by atoms with E-state index in [2.05, 4.69) is 20.3 Å². The number of nitrogens with zero attached hydrogens (tertiary/aromatic N) is 3. The largest absolute Gasteiger partial charge is 0.395 e. The Morgan fingerprint density at radius 3 is 3.00 bits per heavy atom. The fraction of sp³-hybridized carbons (Fsp3) is 0.600. The van der Waals surface area contributed by atoms with E-state index in [1.165, 1.54) is 0 Å². The number of aliphatic hydroxyl groups excluding tert-OH is 1. The molecule has 6 nitrogen and oxygen atoms in total. The second-order valence-electron chi connectivity index (χ2n) is 3.99. The Kier molecular flexibility index (Phi) is 3.66. The fourth-order valence-corrected chi connectivity index (χ4v) is 2.03. The van der Waals surface area contributed by atoms with Crippen LogP contribution >= 0.6 is 0 Å². The Bertz CT molecular complexity index is 328. The number of nitrogens with one attached hydrogen (secondary N) is 1. The lowest BCUT2D eigenvalue weighted by Gasteiger charge is -2.21. The van der Waals surface area contributed by atoms with Gasteiger partial charge in [-0.2, -0.15) is 0 Å². The standard InChI is InChI=1S/C10H17N5O/c11-14-10-5-12-8(4-13-10)6-15-3-1-2-9(15)7-16/h4-5,9,16H,1-3,6-7,11H2,(H,13,14). The molecule has 0 amide bonds. The topological polar surface area (TPSA) is 87.3 Å². The zero-order valence-corrected chi connectivity index (χ0v) is 9.13. The minimum absolute atomic E-state index is 0.218. The van der Waals surface area contributed by atoms with Crippen molar-refractivity contribution >= 4 is 5.82 Å². The molecule has 1 unspecified atom stereocenters. The highest BCUT2D eigenvalue weighted by Crippen LogP contribution is 2.18. The molecule has 1 fully saturated rings. The highest BCUT2D eigenvalue weighted by atomic mass is 16.3. The number of hydrogen-bond acceptors (Lipinski definition) is 6. The van der Waals surface area contributed by atoms with Crippen LogP contribution in [-0.4, -0.2) is 39.2 Å². The van der Waals surface area contributed by atoms with Gasteiger partial charge >= 0.3 is 0 Å². The summed E-state index contributed by atoms with van der Waals surface area (Å²) in [6.07, 6.45) is 5.52. The fourth-order valence-electron chi connectivity index (χ4n) is 2.03. The van der Waals surface area contributed by atoms with E-state index >= 15 is 0 Å². The molecule has 0 spiro atoms. The molecule has 1 aliphatic heterocycles. The molecule has 0 bridgehead atoms. The molecule has 0 saturated carbocycles. The Morgan fingerprint density at radius 2 is 2.38 bits per heavy atom. The lowest BCUT2D eigenvalue weighted by molar-refractivity contribution is 0.152. The van der Waals surface area contributed by atoms with Crippen LogP contribution in [-0.2, 0) is 6.54 Å². The molecular formula is C10H17N5O. The summed E-state index contributed by atoms with van der Waals surface area (Å²) in [7, 11) is 0. The van der Waals surface area contributed by atoms with Gasteiger partial charge in [-0.15, -0.1) is 0 Å². The van der Waals surface area contributed by atoms with Crippen LogP contribution in [0.1, 0.15) is 18.5 Å². The Hall–Kier alpha value is -1.24. The minimum atomic E-state index is 0.218. The van der Waals surface area contributed by atoms with Crippen LogP contribution in [0, 0.1) is 0 Å².